The van der Waals surface area contributed by atoms with Crippen LogP contribution >= 0.6 is 11.3 Å². The lowest BCUT2D eigenvalue weighted by Gasteiger charge is -2.06. The standard InChI is InChI=1S/C14H12FN3OS/c15-11-3-4-13(10(6-11)2-1-5-16)14(19)18-8-12-7-17-9-20-12/h3-4,6-7,9H,5,8,16H2,(H,18,19). The van der Waals surface area contributed by atoms with E-state index < -0.39 is 5.82 Å². The van der Waals surface area contributed by atoms with Gasteiger partial charge < -0.3 is 11.1 Å². The van der Waals surface area contributed by atoms with Crippen LogP contribution in [-0.4, -0.2) is 17.4 Å². The van der Waals surface area contributed by atoms with Gasteiger partial charge in [-0.25, -0.2) is 4.39 Å². The van der Waals surface area contributed by atoms with E-state index in [1.54, 1.807) is 11.7 Å². The number of carbonyl (C=O) groups is 1. The monoisotopic (exact) mass is 289 g/mol. The normalized spacial score (nSPS) is 9.70. The van der Waals surface area contributed by atoms with Gasteiger partial charge in [0.05, 0.1) is 24.2 Å². The summed E-state index contributed by atoms with van der Waals surface area (Å²) in [4.78, 5) is 17.0. The van der Waals surface area contributed by atoms with Crippen LogP contribution in [0, 0.1) is 17.7 Å². The lowest BCUT2D eigenvalue weighted by atomic mass is 10.1. The van der Waals surface area contributed by atoms with E-state index in [4.69, 9.17) is 5.73 Å². The smallest absolute Gasteiger partial charge is 0.252 e. The number of rotatable bonds is 3. The molecule has 0 aliphatic rings. The maximum Gasteiger partial charge on any atom is 0.252 e. The molecule has 2 rings (SSSR count). The van der Waals surface area contributed by atoms with Crippen molar-refractivity contribution in [3.8, 4) is 11.8 Å². The molecule has 102 valence electrons. The van der Waals surface area contributed by atoms with Crippen LogP contribution in [0.5, 0.6) is 0 Å². The van der Waals surface area contributed by atoms with Gasteiger partial charge in [-0.1, -0.05) is 11.8 Å². The SMILES string of the molecule is NCC#Cc1cc(F)ccc1C(=O)NCc1cncs1. The molecule has 0 spiro atoms. The summed E-state index contributed by atoms with van der Waals surface area (Å²) in [5, 5.41) is 2.75. The molecule has 0 radical (unpaired) electrons. The predicted octanol–water partition coefficient (Wildman–Crippen LogP) is 1.52. The van der Waals surface area contributed by atoms with Gasteiger partial charge in [-0.05, 0) is 18.2 Å². The predicted molar refractivity (Wildman–Crippen MR) is 75.6 cm³/mol. The Balaban J connectivity index is 2.16. The first-order chi connectivity index (χ1) is 9.70. The van der Waals surface area contributed by atoms with Crippen molar-refractivity contribution in [3.63, 3.8) is 0 Å². The number of carbonyl (C=O) groups excluding carboxylic acids is 1. The molecule has 0 aliphatic carbocycles. The zero-order valence-electron chi connectivity index (χ0n) is 10.5. The molecular formula is C14H12FN3OS. The van der Waals surface area contributed by atoms with Crippen molar-refractivity contribution in [1.82, 2.24) is 10.3 Å². The summed E-state index contributed by atoms with van der Waals surface area (Å²) in [6.45, 7) is 0.531. The third-order valence-corrected chi connectivity index (χ3v) is 3.24. The molecule has 0 saturated carbocycles. The van der Waals surface area contributed by atoms with Gasteiger partial charge in [0.15, 0.2) is 0 Å². The molecule has 3 N–H and O–H groups in total. The van der Waals surface area contributed by atoms with Gasteiger partial charge in [0.25, 0.3) is 5.91 Å². The van der Waals surface area contributed by atoms with Crippen molar-refractivity contribution >= 4 is 17.2 Å². The van der Waals surface area contributed by atoms with E-state index in [1.807, 2.05) is 0 Å². The summed E-state index contributed by atoms with van der Waals surface area (Å²) in [6, 6.07) is 3.87. The van der Waals surface area contributed by atoms with Crippen LogP contribution in [0.25, 0.3) is 0 Å². The highest BCUT2D eigenvalue weighted by Gasteiger charge is 2.11. The lowest BCUT2D eigenvalue weighted by Crippen LogP contribution is -2.23. The quantitative estimate of drug-likeness (QED) is 0.842. The lowest BCUT2D eigenvalue weighted by molar-refractivity contribution is 0.0951. The Morgan fingerprint density at radius 1 is 1.50 bits per heavy atom. The molecule has 4 nitrogen and oxygen atoms in total. The number of aromatic nitrogens is 1. The first kappa shape index (κ1) is 14.2. The van der Waals surface area contributed by atoms with Gasteiger partial charge in [-0.15, -0.1) is 11.3 Å². The van der Waals surface area contributed by atoms with Crippen LogP contribution in [0.15, 0.2) is 29.9 Å². The highest BCUT2D eigenvalue weighted by Crippen LogP contribution is 2.11. The molecule has 0 unspecified atom stereocenters. The van der Waals surface area contributed by atoms with Gasteiger partial charge in [-0.3, -0.25) is 9.78 Å². The highest BCUT2D eigenvalue weighted by atomic mass is 32.1. The van der Waals surface area contributed by atoms with Gasteiger partial charge in [0.2, 0.25) is 0 Å². The molecule has 1 aromatic carbocycles. The molecular weight excluding hydrogens is 277 g/mol. The van der Waals surface area contributed by atoms with E-state index >= 15 is 0 Å². The van der Waals surface area contributed by atoms with Crippen molar-refractivity contribution in [3.05, 3.63) is 51.7 Å². The minimum atomic E-state index is -0.440. The zero-order valence-corrected chi connectivity index (χ0v) is 11.3. The van der Waals surface area contributed by atoms with Crippen molar-refractivity contribution in [1.29, 1.82) is 0 Å². The summed E-state index contributed by atoms with van der Waals surface area (Å²) in [6.07, 6.45) is 1.69. The second kappa shape index (κ2) is 6.80. The fourth-order valence-corrected chi connectivity index (χ4v) is 2.09. The Morgan fingerprint density at radius 2 is 2.35 bits per heavy atom. The third-order valence-electron chi connectivity index (χ3n) is 2.46. The molecule has 6 heteroatoms. The van der Waals surface area contributed by atoms with E-state index in [1.165, 1.54) is 29.5 Å². The number of thiazole rings is 1. The van der Waals surface area contributed by atoms with Gasteiger partial charge in [0, 0.05) is 16.6 Å². The first-order valence-corrected chi connectivity index (χ1v) is 6.72. The van der Waals surface area contributed by atoms with Crippen LogP contribution in [-0.2, 0) is 6.54 Å². The Kier molecular flexibility index (Phi) is 4.82. The van der Waals surface area contributed by atoms with Crippen LogP contribution in [0.2, 0.25) is 0 Å². The van der Waals surface area contributed by atoms with Crippen LogP contribution in [0.1, 0.15) is 20.8 Å². The summed E-state index contributed by atoms with van der Waals surface area (Å²) in [5.74, 6) is 4.58. The van der Waals surface area contributed by atoms with E-state index in [0.717, 1.165) is 4.88 Å². The molecule has 20 heavy (non-hydrogen) atoms. The third kappa shape index (κ3) is 3.63. The highest BCUT2D eigenvalue weighted by molar-refractivity contribution is 7.09. The second-order valence-electron chi connectivity index (χ2n) is 3.85. The average molecular weight is 289 g/mol. The Morgan fingerprint density at radius 3 is 3.05 bits per heavy atom. The summed E-state index contributed by atoms with van der Waals surface area (Å²) in [5.41, 5.74) is 7.64. The molecule has 0 fully saturated rings. The van der Waals surface area contributed by atoms with E-state index in [2.05, 4.69) is 22.1 Å². The summed E-state index contributed by atoms with van der Waals surface area (Å²) >= 11 is 1.45. The first-order valence-electron chi connectivity index (χ1n) is 5.84. The minimum absolute atomic E-state index is 0.151. The average Bonchev–Trinajstić information content (AvgIpc) is 2.96. The molecule has 0 atom stereocenters. The number of hydrogen-bond acceptors (Lipinski definition) is 4. The van der Waals surface area contributed by atoms with E-state index in [0.29, 0.717) is 17.7 Å². The fraction of sp³-hybridized carbons (Fsp3) is 0.143. The zero-order chi connectivity index (χ0) is 14.4. The van der Waals surface area contributed by atoms with Crippen molar-refractivity contribution in [2.45, 2.75) is 6.54 Å². The number of halogens is 1. The largest absolute Gasteiger partial charge is 0.347 e. The molecule has 1 heterocycles. The van der Waals surface area contributed by atoms with Crippen molar-refractivity contribution in [2.75, 3.05) is 6.54 Å². The molecule has 0 bridgehead atoms. The van der Waals surface area contributed by atoms with Crippen LogP contribution in [0.4, 0.5) is 4.39 Å². The van der Waals surface area contributed by atoms with Crippen molar-refractivity contribution in [2.24, 2.45) is 5.73 Å². The minimum Gasteiger partial charge on any atom is -0.347 e. The van der Waals surface area contributed by atoms with Crippen LogP contribution < -0.4 is 11.1 Å². The van der Waals surface area contributed by atoms with E-state index in [-0.39, 0.29) is 12.5 Å². The van der Waals surface area contributed by atoms with Crippen LogP contribution in [0.3, 0.4) is 0 Å². The molecule has 2 aromatic rings. The molecule has 1 amide bonds. The fourth-order valence-electron chi connectivity index (χ4n) is 1.56. The Labute approximate surface area is 119 Å². The summed E-state index contributed by atoms with van der Waals surface area (Å²) in [7, 11) is 0. The number of nitrogens with one attached hydrogen (secondary N) is 1. The summed E-state index contributed by atoms with van der Waals surface area (Å²) < 4.78 is 13.2. The van der Waals surface area contributed by atoms with Gasteiger partial charge in [0.1, 0.15) is 5.82 Å². The van der Waals surface area contributed by atoms with Crippen molar-refractivity contribution < 1.29 is 9.18 Å². The maximum atomic E-state index is 13.2. The topological polar surface area (TPSA) is 68.0 Å². The number of benzene rings is 1. The number of hydrogen-bond donors (Lipinski definition) is 2. The molecule has 1 aromatic heterocycles. The number of nitrogens with two attached hydrogens (primary N) is 1. The maximum absolute atomic E-state index is 13.2. The van der Waals surface area contributed by atoms with Gasteiger partial charge in [-0.2, -0.15) is 0 Å². The van der Waals surface area contributed by atoms with E-state index in [9.17, 15) is 9.18 Å². The second-order valence-corrected chi connectivity index (χ2v) is 4.82. The van der Waals surface area contributed by atoms with Gasteiger partial charge >= 0.3 is 0 Å². The number of nitrogens with zero attached hydrogens (tertiary/aromatic N) is 1. The molecule has 0 saturated heterocycles. The molecule has 0 aliphatic heterocycles. The number of amides is 1. The Hall–Kier alpha value is -2.23. The Bertz CT molecular complexity index is 659.